The van der Waals surface area contributed by atoms with Gasteiger partial charge in [0.15, 0.2) is 0 Å². The maximum absolute atomic E-state index is 12.3. The number of benzene rings is 1. The zero-order valence-corrected chi connectivity index (χ0v) is 17.0. The third-order valence-electron chi connectivity index (χ3n) is 4.30. The highest BCUT2D eigenvalue weighted by atomic mass is 35.5. The molecule has 2 aromatic rings. The third-order valence-corrected chi connectivity index (χ3v) is 5.50. The topological polar surface area (TPSA) is 76.7 Å². The number of carbonyl (C=O) groups excluding carboxylic acids is 2. The van der Waals surface area contributed by atoms with E-state index in [0.29, 0.717) is 47.3 Å². The first-order valence-corrected chi connectivity index (χ1v) is 10.5. The largest absolute Gasteiger partial charge is 0.379 e. The Balaban J connectivity index is 1.43. The Morgan fingerprint density at radius 2 is 2.18 bits per heavy atom. The zero-order valence-electron chi connectivity index (χ0n) is 15.4. The summed E-state index contributed by atoms with van der Waals surface area (Å²) in [6.07, 6.45) is 3.08. The molecule has 0 radical (unpaired) electrons. The molecule has 1 aromatic heterocycles. The van der Waals surface area contributed by atoms with Gasteiger partial charge < -0.3 is 20.1 Å². The molecule has 8 heteroatoms. The molecule has 2 amide bonds. The monoisotopic (exact) mass is 422 g/mol. The number of rotatable bonds is 9. The minimum atomic E-state index is -0.252. The minimum absolute atomic E-state index is 0.214. The summed E-state index contributed by atoms with van der Waals surface area (Å²) in [6, 6.07) is 8.34. The lowest BCUT2D eigenvalue weighted by Crippen LogP contribution is -2.26. The fourth-order valence-corrected chi connectivity index (χ4v) is 3.61. The minimum Gasteiger partial charge on any atom is -0.379 e. The van der Waals surface area contributed by atoms with Gasteiger partial charge in [-0.05, 0) is 48.9 Å². The summed E-state index contributed by atoms with van der Waals surface area (Å²) in [7, 11) is 0. The third kappa shape index (κ3) is 6.04. The Morgan fingerprint density at radius 1 is 1.29 bits per heavy atom. The fraction of sp³-hybridized carbons (Fsp3) is 0.400. The van der Waals surface area contributed by atoms with Crippen LogP contribution in [0.5, 0.6) is 0 Å². The molecule has 2 heterocycles. The van der Waals surface area contributed by atoms with Crippen molar-refractivity contribution in [2.24, 2.45) is 0 Å². The van der Waals surface area contributed by atoms with E-state index in [2.05, 4.69) is 10.6 Å². The van der Waals surface area contributed by atoms with Crippen LogP contribution >= 0.6 is 22.9 Å². The summed E-state index contributed by atoms with van der Waals surface area (Å²) in [5.74, 6) is -0.472. The summed E-state index contributed by atoms with van der Waals surface area (Å²) in [4.78, 5) is 25.1. The van der Waals surface area contributed by atoms with Crippen LogP contribution in [0.2, 0.25) is 5.02 Å². The Morgan fingerprint density at radius 3 is 2.93 bits per heavy atom. The van der Waals surface area contributed by atoms with E-state index < -0.39 is 0 Å². The molecular formula is C20H23ClN2O4S. The van der Waals surface area contributed by atoms with E-state index in [0.717, 1.165) is 19.4 Å². The molecular weight excluding hydrogens is 400 g/mol. The van der Waals surface area contributed by atoms with E-state index in [-0.39, 0.29) is 17.9 Å². The van der Waals surface area contributed by atoms with E-state index in [1.165, 1.54) is 11.3 Å². The molecule has 0 bridgehead atoms. The summed E-state index contributed by atoms with van der Waals surface area (Å²) in [6.45, 7) is 2.51. The van der Waals surface area contributed by atoms with Crippen molar-refractivity contribution in [2.45, 2.75) is 25.4 Å². The van der Waals surface area contributed by atoms with Crippen molar-refractivity contribution in [3.05, 3.63) is 51.2 Å². The van der Waals surface area contributed by atoms with Gasteiger partial charge in [0.2, 0.25) is 0 Å². The van der Waals surface area contributed by atoms with Gasteiger partial charge in [0, 0.05) is 25.3 Å². The first-order valence-electron chi connectivity index (χ1n) is 9.25. The maximum Gasteiger partial charge on any atom is 0.265 e. The van der Waals surface area contributed by atoms with Crippen LogP contribution in [0.4, 0.5) is 5.69 Å². The van der Waals surface area contributed by atoms with Crippen LogP contribution in [0.1, 0.15) is 39.3 Å². The molecule has 1 unspecified atom stereocenters. The van der Waals surface area contributed by atoms with Crippen molar-refractivity contribution in [1.82, 2.24) is 5.32 Å². The van der Waals surface area contributed by atoms with Gasteiger partial charge in [-0.1, -0.05) is 17.7 Å². The van der Waals surface area contributed by atoms with Gasteiger partial charge in [-0.25, -0.2) is 0 Å². The van der Waals surface area contributed by atoms with Crippen molar-refractivity contribution in [2.75, 3.05) is 31.7 Å². The second-order valence-corrected chi connectivity index (χ2v) is 7.80. The number of ether oxygens (including phenoxy) is 2. The number of nitrogens with one attached hydrogen (secondary N) is 2. The molecule has 1 atom stereocenters. The predicted octanol–water partition coefficient (Wildman–Crippen LogP) is 3.97. The molecule has 1 aliphatic rings. The van der Waals surface area contributed by atoms with Gasteiger partial charge in [-0.2, -0.15) is 0 Å². The van der Waals surface area contributed by atoms with Crippen molar-refractivity contribution in [1.29, 1.82) is 0 Å². The number of hydrogen-bond donors (Lipinski definition) is 2. The van der Waals surface area contributed by atoms with Crippen molar-refractivity contribution >= 4 is 40.4 Å². The number of halogens is 1. The normalized spacial score (nSPS) is 16.1. The van der Waals surface area contributed by atoms with Crippen molar-refractivity contribution in [3.63, 3.8) is 0 Å². The number of thiophene rings is 1. The highest BCUT2D eigenvalue weighted by Crippen LogP contribution is 2.24. The molecule has 28 heavy (non-hydrogen) atoms. The Hall–Kier alpha value is -1.93. The highest BCUT2D eigenvalue weighted by Gasteiger charge is 2.15. The van der Waals surface area contributed by atoms with Crippen LogP contribution in [0, 0.1) is 0 Å². The SMILES string of the molecule is O=C(NCCCOCC1CCCO1)c1ccc(Cl)c(NC(=O)c2cccs2)c1. The van der Waals surface area contributed by atoms with E-state index in [1.54, 1.807) is 30.3 Å². The fourth-order valence-electron chi connectivity index (χ4n) is 2.82. The number of anilines is 1. The van der Waals surface area contributed by atoms with Gasteiger partial charge in [-0.3, -0.25) is 9.59 Å². The summed E-state index contributed by atoms with van der Waals surface area (Å²) < 4.78 is 11.1. The van der Waals surface area contributed by atoms with E-state index >= 15 is 0 Å². The standard InChI is InChI=1S/C20H23ClN2O4S/c21-16-7-6-14(12-17(16)23-20(25)18-5-2-11-28-18)19(24)22-8-3-9-26-13-15-4-1-10-27-15/h2,5-7,11-12,15H,1,3-4,8-10,13H2,(H,22,24)(H,23,25). The molecule has 1 aromatic carbocycles. The van der Waals surface area contributed by atoms with Gasteiger partial charge in [0.05, 0.1) is 28.3 Å². The second-order valence-electron chi connectivity index (χ2n) is 6.45. The zero-order chi connectivity index (χ0) is 19.8. The predicted molar refractivity (Wildman–Crippen MR) is 110 cm³/mol. The number of hydrogen-bond acceptors (Lipinski definition) is 5. The van der Waals surface area contributed by atoms with Crippen LogP contribution in [0.15, 0.2) is 35.7 Å². The van der Waals surface area contributed by atoms with Crippen molar-refractivity contribution < 1.29 is 19.1 Å². The van der Waals surface area contributed by atoms with Gasteiger partial charge in [0.1, 0.15) is 0 Å². The quantitative estimate of drug-likeness (QED) is 0.599. The molecule has 0 saturated carbocycles. The van der Waals surface area contributed by atoms with Crippen LogP contribution in [0.25, 0.3) is 0 Å². The lowest BCUT2D eigenvalue weighted by atomic mass is 10.2. The second kappa shape index (κ2) is 10.6. The van der Waals surface area contributed by atoms with Gasteiger partial charge >= 0.3 is 0 Å². The lowest BCUT2D eigenvalue weighted by molar-refractivity contribution is 0.0166. The first kappa shape index (κ1) is 20.8. The highest BCUT2D eigenvalue weighted by molar-refractivity contribution is 7.12. The lowest BCUT2D eigenvalue weighted by Gasteiger charge is -2.11. The number of amides is 2. The molecule has 3 rings (SSSR count). The summed E-state index contributed by atoms with van der Waals surface area (Å²) in [5.41, 5.74) is 0.846. The van der Waals surface area contributed by atoms with Crippen LogP contribution in [-0.4, -0.2) is 44.3 Å². The van der Waals surface area contributed by atoms with Gasteiger partial charge in [-0.15, -0.1) is 11.3 Å². The molecule has 0 spiro atoms. The van der Waals surface area contributed by atoms with E-state index in [9.17, 15) is 9.59 Å². The molecule has 1 aliphatic heterocycles. The number of carbonyl (C=O) groups is 2. The molecule has 1 saturated heterocycles. The van der Waals surface area contributed by atoms with Crippen LogP contribution in [0.3, 0.4) is 0 Å². The average Bonchev–Trinajstić information content (AvgIpc) is 3.40. The van der Waals surface area contributed by atoms with Gasteiger partial charge in [0.25, 0.3) is 11.8 Å². The summed E-state index contributed by atoms with van der Waals surface area (Å²) >= 11 is 7.49. The smallest absolute Gasteiger partial charge is 0.265 e. The maximum atomic E-state index is 12.3. The van der Waals surface area contributed by atoms with E-state index in [1.807, 2.05) is 5.38 Å². The summed E-state index contributed by atoms with van der Waals surface area (Å²) in [5, 5.41) is 7.80. The molecule has 1 fully saturated rings. The molecule has 6 nitrogen and oxygen atoms in total. The van der Waals surface area contributed by atoms with Crippen LogP contribution in [-0.2, 0) is 9.47 Å². The van der Waals surface area contributed by atoms with Crippen LogP contribution < -0.4 is 10.6 Å². The Labute approximate surface area is 173 Å². The van der Waals surface area contributed by atoms with E-state index in [4.69, 9.17) is 21.1 Å². The Kier molecular flexibility index (Phi) is 7.85. The Bertz CT molecular complexity index is 792. The molecule has 150 valence electrons. The van der Waals surface area contributed by atoms with Crippen molar-refractivity contribution in [3.8, 4) is 0 Å². The molecule has 0 aliphatic carbocycles. The first-order chi connectivity index (χ1) is 13.6. The molecule has 2 N–H and O–H groups in total. The average molecular weight is 423 g/mol.